The molecule has 0 aliphatic rings. The molecule has 0 spiro atoms. The van der Waals surface area contributed by atoms with Gasteiger partial charge in [0, 0.05) is 4.90 Å². The lowest BCUT2D eigenvalue weighted by Gasteiger charge is -2.00. The van der Waals surface area contributed by atoms with Crippen molar-refractivity contribution in [2.24, 2.45) is 10.7 Å². The number of nitrogens with two attached hydrogens (primary N) is 1. The minimum Gasteiger partial charge on any atom is -0.387 e. The molecule has 1 aromatic carbocycles. The van der Waals surface area contributed by atoms with Gasteiger partial charge in [0.2, 0.25) is 0 Å². The van der Waals surface area contributed by atoms with Crippen LogP contribution in [-0.4, -0.2) is 12.1 Å². The molecule has 0 aromatic heterocycles. The van der Waals surface area contributed by atoms with E-state index >= 15 is 0 Å². The summed E-state index contributed by atoms with van der Waals surface area (Å²) in [5.41, 5.74) is 6.44. The van der Waals surface area contributed by atoms with Crippen molar-refractivity contribution in [1.82, 2.24) is 0 Å². The molecule has 0 amide bonds. The monoisotopic (exact) mass is 180 g/mol. The van der Waals surface area contributed by atoms with Crippen LogP contribution in [0, 0.1) is 0 Å². The van der Waals surface area contributed by atoms with Crippen LogP contribution in [0.1, 0.15) is 6.92 Å². The normalized spacial score (nSPS) is 11.7. The average Bonchev–Trinajstić information content (AvgIpc) is 2.04. The maximum absolute atomic E-state index is 5.49. The maximum Gasteiger partial charge on any atom is 0.0965 e. The van der Waals surface area contributed by atoms with E-state index in [4.69, 9.17) is 5.73 Å². The summed E-state index contributed by atoms with van der Waals surface area (Å²) in [5, 5.41) is 0. The topological polar surface area (TPSA) is 38.4 Å². The van der Waals surface area contributed by atoms with E-state index in [9.17, 15) is 0 Å². The molecule has 0 unspecified atom stereocenters. The van der Waals surface area contributed by atoms with Crippen LogP contribution in [0.15, 0.2) is 34.2 Å². The molecular weight excluding hydrogens is 168 g/mol. The van der Waals surface area contributed by atoms with Gasteiger partial charge >= 0.3 is 0 Å². The molecule has 0 aliphatic carbocycles. The summed E-state index contributed by atoms with van der Waals surface area (Å²) in [6.07, 6.45) is 2.03. The molecule has 2 N–H and O–H groups in total. The smallest absolute Gasteiger partial charge is 0.0965 e. The first-order valence-corrected chi connectivity index (χ1v) is 4.90. The van der Waals surface area contributed by atoms with Crippen molar-refractivity contribution < 1.29 is 0 Å². The molecule has 0 atom stereocenters. The van der Waals surface area contributed by atoms with Crippen LogP contribution in [0.4, 0.5) is 5.69 Å². The average molecular weight is 180 g/mol. The highest BCUT2D eigenvalue weighted by Gasteiger charge is 1.96. The van der Waals surface area contributed by atoms with Gasteiger partial charge in [-0.15, -0.1) is 11.8 Å². The van der Waals surface area contributed by atoms with E-state index in [1.54, 1.807) is 18.7 Å². The number of thioether (sulfide) groups is 1. The Balaban J connectivity index is 3.05. The van der Waals surface area contributed by atoms with Gasteiger partial charge in [0.25, 0.3) is 0 Å². The Morgan fingerprint density at radius 3 is 2.67 bits per heavy atom. The van der Waals surface area contributed by atoms with E-state index in [-0.39, 0.29) is 0 Å². The van der Waals surface area contributed by atoms with Gasteiger partial charge in [-0.05, 0) is 25.3 Å². The minimum atomic E-state index is 0.594. The number of rotatable bonds is 2. The van der Waals surface area contributed by atoms with E-state index in [2.05, 4.69) is 4.99 Å². The molecule has 12 heavy (non-hydrogen) atoms. The van der Waals surface area contributed by atoms with Crippen LogP contribution in [0.2, 0.25) is 0 Å². The summed E-state index contributed by atoms with van der Waals surface area (Å²) in [4.78, 5) is 5.36. The van der Waals surface area contributed by atoms with Crippen LogP contribution >= 0.6 is 11.8 Å². The van der Waals surface area contributed by atoms with Crippen molar-refractivity contribution >= 4 is 23.3 Å². The van der Waals surface area contributed by atoms with E-state index in [0.29, 0.717) is 5.84 Å². The van der Waals surface area contributed by atoms with Crippen LogP contribution in [0.5, 0.6) is 0 Å². The quantitative estimate of drug-likeness (QED) is 0.431. The Hall–Kier alpha value is -0.960. The van der Waals surface area contributed by atoms with Crippen molar-refractivity contribution in [2.75, 3.05) is 6.26 Å². The summed E-state index contributed by atoms with van der Waals surface area (Å²) < 4.78 is 0. The molecule has 0 heterocycles. The van der Waals surface area contributed by atoms with Gasteiger partial charge in [0.15, 0.2) is 0 Å². The van der Waals surface area contributed by atoms with E-state index < -0.39 is 0 Å². The lowest BCUT2D eigenvalue weighted by molar-refractivity contribution is 1.35. The number of hydrogen-bond donors (Lipinski definition) is 1. The summed E-state index contributed by atoms with van der Waals surface area (Å²) in [7, 11) is 0. The highest BCUT2D eigenvalue weighted by Crippen LogP contribution is 2.26. The van der Waals surface area contributed by atoms with E-state index in [0.717, 1.165) is 10.6 Å². The second-order valence-electron chi connectivity index (χ2n) is 2.43. The zero-order valence-corrected chi connectivity index (χ0v) is 8.06. The van der Waals surface area contributed by atoms with E-state index in [1.165, 1.54) is 0 Å². The molecule has 0 saturated carbocycles. The third kappa shape index (κ3) is 2.27. The lowest BCUT2D eigenvalue weighted by Crippen LogP contribution is -2.03. The van der Waals surface area contributed by atoms with Gasteiger partial charge in [-0.3, -0.25) is 0 Å². The summed E-state index contributed by atoms with van der Waals surface area (Å²) in [6.45, 7) is 1.79. The summed E-state index contributed by atoms with van der Waals surface area (Å²) in [6, 6.07) is 7.95. The Morgan fingerprint density at radius 1 is 1.42 bits per heavy atom. The molecule has 2 nitrogen and oxygen atoms in total. The number of aliphatic imine (C=N–C) groups is 1. The third-order valence-corrected chi connectivity index (χ3v) is 2.17. The minimum absolute atomic E-state index is 0.594. The first-order valence-electron chi connectivity index (χ1n) is 3.68. The largest absolute Gasteiger partial charge is 0.387 e. The molecule has 3 heteroatoms. The highest BCUT2D eigenvalue weighted by molar-refractivity contribution is 7.98. The van der Waals surface area contributed by atoms with Gasteiger partial charge in [0.1, 0.15) is 0 Å². The Labute approximate surface area is 76.9 Å². The van der Waals surface area contributed by atoms with Crippen molar-refractivity contribution in [3.05, 3.63) is 24.3 Å². The standard InChI is InChI=1S/C9H12N2S/c1-7(10)11-8-5-3-4-6-9(8)12-2/h3-6H,1-2H3,(H2,10,11). The van der Waals surface area contributed by atoms with Crippen molar-refractivity contribution in [3.63, 3.8) is 0 Å². The number of hydrogen-bond acceptors (Lipinski definition) is 2. The first-order chi connectivity index (χ1) is 5.74. The van der Waals surface area contributed by atoms with Crippen molar-refractivity contribution in [2.45, 2.75) is 11.8 Å². The fraction of sp³-hybridized carbons (Fsp3) is 0.222. The third-order valence-electron chi connectivity index (χ3n) is 1.38. The van der Waals surface area contributed by atoms with Gasteiger partial charge in [-0.2, -0.15) is 0 Å². The predicted octanol–water partition coefficient (Wildman–Crippen LogP) is 2.42. The molecule has 0 aliphatic heterocycles. The molecule has 0 radical (unpaired) electrons. The predicted molar refractivity (Wildman–Crippen MR) is 55.2 cm³/mol. The zero-order chi connectivity index (χ0) is 8.97. The van der Waals surface area contributed by atoms with Crippen LogP contribution in [-0.2, 0) is 0 Å². The number of nitrogens with zero attached hydrogens (tertiary/aromatic N) is 1. The molecule has 1 rings (SSSR count). The summed E-state index contributed by atoms with van der Waals surface area (Å²) >= 11 is 1.67. The summed E-state index contributed by atoms with van der Waals surface area (Å²) in [5.74, 6) is 0.594. The van der Waals surface area contributed by atoms with Gasteiger partial charge in [-0.25, -0.2) is 4.99 Å². The van der Waals surface area contributed by atoms with Gasteiger partial charge in [0.05, 0.1) is 11.5 Å². The second kappa shape index (κ2) is 4.16. The van der Waals surface area contributed by atoms with Crippen LogP contribution in [0.25, 0.3) is 0 Å². The Kier molecular flexibility index (Phi) is 3.17. The van der Waals surface area contributed by atoms with Gasteiger partial charge < -0.3 is 5.73 Å². The fourth-order valence-corrected chi connectivity index (χ4v) is 1.45. The number of amidine groups is 1. The number of benzene rings is 1. The van der Waals surface area contributed by atoms with Crippen LogP contribution in [0.3, 0.4) is 0 Å². The van der Waals surface area contributed by atoms with Crippen LogP contribution < -0.4 is 5.73 Å². The molecule has 0 fully saturated rings. The lowest BCUT2D eigenvalue weighted by atomic mass is 10.3. The SMILES string of the molecule is CSc1ccccc1N=C(C)N. The first kappa shape index (κ1) is 9.13. The Bertz CT molecular complexity index is 290. The molecule has 64 valence electrons. The van der Waals surface area contributed by atoms with Crippen molar-refractivity contribution in [3.8, 4) is 0 Å². The molecular formula is C9H12N2S. The molecule has 1 aromatic rings. The van der Waals surface area contributed by atoms with E-state index in [1.807, 2.05) is 30.5 Å². The molecule has 0 saturated heterocycles. The van der Waals surface area contributed by atoms with Crippen molar-refractivity contribution in [1.29, 1.82) is 0 Å². The maximum atomic E-state index is 5.49. The fourth-order valence-electron chi connectivity index (χ4n) is 0.912. The highest BCUT2D eigenvalue weighted by atomic mass is 32.2. The molecule has 0 bridgehead atoms. The second-order valence-corrected chi connectivity index (χ2v) is 3.27. The number of para-hydroxylation sites is 1. The zero-order valence-electron chi connectivity index (χ0n) is 7.24. The Morgan fingerprint density at radius 2 is 2.08 bits per heavy atom. The van der Waals surface area contributed by atoms with Gasteiger partial charge in [-0.1, -0.05) is 12.1 Å².